The Balaban J connectivity index is 0.00000141. The van der Waals surface area contributed by atoms with E-state index in [0.29, 0.717) is 10.9 Å². The van der Waals surface area contributed by atoms with Gasteiger partial charge in [0.2, 0.25) is 0 Å². The summed E-state index contributed by atoms with van der Waals surface area (Å²) in [7, 11) is 0.482. The van der Waals surface area contributed by atoms with Crippen LogP contribution in [0.4, 0.5) is 0 Å². The standard InChI is InChI=1S/C21H37S.C2H4O2/c1-4-5-6-7-8-9-10-11-12-16-19-21(22(2)3)20-17-14-13-15-18-20;1-2(3)4/h13-15,17-18,21H,4-12,16,19H2,1-3H3;1H3,(H,3,4)/q+1;/p-1. The van der Waals surface area contributed by atoms with Crippen LogP contribution >= 0.6 is 0 Å². The van der Waals surface area contributed by atoms with Crippen LogP contribution in [0.25, 0.3) is 0 Å². The predicted molar refractivity (Wildman–Crippen MR) is 116 cm³/mol. The van der Waals surface area contributed by atoms with Crippen molar-refractivity contribution < 1.29 is 9.90 Å². The molecule has 0 amide bonds. The number of rotatable bonds is 13. The second kappa shape index (κ2) is 17.5. The topological polar surface area (TPSA) is 40.1 Å². The smallest absolute Gasteiger partial charge is 0.142 e. The van der Waals surface area contributed by atoms with E-state index in [1.807, 2.05) is 0 Å². The molecule has 1 aromatic carbocycles. The average molecular weight is 381 g/mol. The molecule has 0 saturated carbocycles. The van der Waals surface area contributed by atoms with Gasteiger partial charge in [-0.2, -0.15) is 0 Å². The molecule has 26 heavy (non-hydrogen) atoms. The van der Waals surface area contributed by atoms with Gasteiger partial charge >= 0.3 is 0 Å². The fourth-order valence-corrected chi connectivity index (χ4v) is 4.50. The first-order valence-corrected chi connectivity index (χ1v) is 12.4. The van der Waals surface area contributed by atoms with Crippen LogP contribution < -0.4 is 5.11 Å². The highest BCUT2D eigenvalue weighted by molar-refractivity contribution is 7.95. The first kappa shape index (κ1) is 25.0. The summed E-state index contributed by atoms with van der Waals surface area (Å²) in [5, 5.41) is 9.66. The lowest BCUT2D eigenvalue weighted by molar-refractivity contribution is -0.302. The van der Waals surface area contributed by atoms with E-state index >= 15 is 0 Å². The largest absolute Gasteiger partial charge is 0.550 e. The van der Waals surface area contributed by atoms with Crippen LogP contribution in [0, 0.1) is 0 Å². The fourth-order valence-electron chi connectivity index (χ4n) is 3.16. The first-order valence-electron chi connectivity index (χ1n) is 10.3. The molecule has 1 aromatic rings. The monoisotopic (exact) mass is 380 g/mol. The van der Waals surface area contributed by atoms with Crippen LogP contribution in [0.5, 0.6) is 0 Å². The molecule has 0 aliphatic heterocycles. The number of unbranched alkanes of at least 4 members (excludes halogenated alkanes) is 9. The maximum atomic E-state index is 8.89. The van der Waals surface area contributed by atoms with Gasteiger partial charge in [-0.05, 0) is 30.7 Å². The Morgan fingerprint density at radius 3 is 1.73 bits per heavy atom. The minimum absolute atomic E-state index is 0.482. The minimum atomic E-state index is -1.08. The normalized spacial score (nSPS) is 11.7. The molecule has 150 valence electrons. The zero-order valence-electron chi connectivity index (χ0n) is 17.5. The average Bonchev–Trinajstić information content (AvgIpc) is 2.60. The molecule has 0 bridgehead atoms. The Morgan fingerprint density at radius 2 is 1.31 bits per heavy atom. The van der Waals surface area contributed by atoms with Gasteiger partial charge in [-0.15, -0.1) is 0 Å². The van der Waals surface area contributed by atoms with Crippen molar-refractivity contribution in [1.82, 2.24) is 0 Å². The van der Waals surface area contributed by atoms with E-state index in [0.717, 1.165) is 12.2 Å². The Morgan fingerprint density at radius 1 is 0.885 bits per heavy atom. The SMILES string of the molecule is CC(=O)[O-].CCCCCCCCCCCCC(c1ccccc1)[S+](C)C. The van der Waals surface area contributed by atoms with E-state index in [1.54, 1.807) is 5.56 Å². The lowest BCUT2D eigenvalue weighted by Gasteiger charge is -2.14. The number of carboxylic acid groups (broad SMARTS) is 1. The van der Waals surface area contributed by atoms with Crippen LogP contribution in [-0.2, 0) is 15.7 Å². The maximum absolute atomic E-state index is 8.89. The summed E-state index contributed by atoms with van der Waals surface area (Å²) < 4.78 is 0. The molecule has 3 heteroatoms. The van der Waals surface area contributed by atoms with Crippen LogP contribution in [0.2, 0.25) is 0 Å². The molecule has 1 atom stereocenters. The molecule has 0 saturated heterocycles. The Kier molecular flexibility index (Phi) is 16.8. The van der Waals surface area contributed by atoms with Gasteiger partial charge in [-0.1, -0.05) is 95.0 Å². The van der Waals surface area contributed by atoms with Gasteiger partial charge in [-0.25, -0.2) is 0 Å². The molecule has 0 fully saturated rings. The maximum Gasteiger partial charge on any atom is 0.142 e. The molecule has 1 rings (SSSR count). The van der Waals surface area contributed by atoms with Crippen molar-refractivity contribution in [1.29, 1.82) is 0 Å². The number of carbonyl (C=O) groups is 1. The molecule has 0 aliphatic rings. The molecule has 0 heterocycles. The van der Waals surface area contributed by atoms with E-state index < -0.39 is 5.97 Å². The highest BCUT2D eigenvalue weighted by atomic mass is 32.2. The number of benzene rings is 1. The lowest BCUT2D eigenvalue weighted by Crippen LogP contribution is -2.16. The van der Waals surface area contributed by atoms with Crippen LogP contribution in [0.15, 0.2) is 30.3 Å². The zero-order chi connectivity index (χ0) is 19.6. The van der Waals surface area contributed by atoms with Gasteiger partial charge in [0.1, 0.15) is 5.25 Å². The van der Waals surface area contributed by atoms with Crippen LogP contribution in [-0.4, -0.2) is 18.5 Å². The van der Waals surface area contributed by atoms with Crippen LogP contribution in [0.3, 0.4) is 0 Å². The van der Waals surface area contributed by atoms with Crippen molar-refractivity contribution >= 4 is 16.9 Å². The third kappa shape index (κ3) is 15.3. The summed E-state index contributed by atoms with van der Waals surface area (Å²) in [6.07, 6.45) is 20.5. The molecule has 0 N–H and O–H groups in total. The Bertz CT molecular complexity index is 427. The zero-order valence-corrected chi connectivity index (χ0v) is 18.3. The second-order valence-electron chi connectivity index (χ2n) is 7.24. The van der Waals surface area contributed by atoms with Crippen molar-refractivity contribution in [3.05, 3.63) is 35.9 Å². The van der Waals surface area contributed by atoms with Crippen molar-refractivity contribution in [2.24, 2.45) is 0 Å². The summed E-state index contributed by atoms with van der Waals surface area (Å²) in [6, 6.07) is 11.1. The van der Waals surface area contributed by atoms with E-state index in [-0.39, 0.29) is 0 Å². The van der Waals surface area contributed by atoms with Gasteiger partial charge < -0.3 is 9.90 Å². The number of carboxylic acids is 1. The Labute approximate surface area is 165 Å². The number of aliphatic carboxylic acids is 1. The van der Waals surface area contributed by atoms with Crippen molar-refractivity contribution in [3.8, 4) is 0 Å². The summed E-state index contributed by atoms with van der Waals surface area (Å²) in [6.45, 7) is 3.26. The molecular formula is C23H40O2S. The molecular weight excluding hydrogens is 340 g/mol. The molecule has 1 unspecified atom stereocenters. The van der Waals surface area contributed by atoms with Crippen molar-refractivity contribution in [2.45, 2.75) is 89.7 Å². The Hall–Kier alpha value is -0.960. The fraction of sp³-hybridized carbons (Fsp3) is 0.696. The molecule has 0 radical (unpaired) electrons. The third-order valence-corrected chi connectivity index (χ3v) is 6.21. The van der Waals surface area contributed by atoms with Gasteiger partial charge in [0.05, 0.1) is 12.5 Å². The molecule has 0 spiro atoms. The van der Waals surface area contributed by atoms with E-state index in [2.05, 4.69) is 49.8 Å². The lowest BCUT2D eigenvalue weighted by atomic mass is 10.0. The molecule has 0 aliphatic carbocycles. The first-order chi connectivity index (χ1) is 12.5. The third-order valence-electron chi connectivity index (χ3n) is 4.56. The van der Waals surface area contributed by atoms with Gasteiger partial charge in [0.25, 0.3) is 0 Å². The highest BCUT2D eigenvalue weighted by Crippen LogP contribution is 2.28. The van der Waals surface area contributed by atoms with Crippen molar-refractivity contribution in [3.63, 3.8) is 0 Å². The summed E-state index contributed by atoms with van der Waals surface area (Å²) >= 11 is 0. The van der Waals surface area contributed by atoms with E-state index in [4.69, 9.17) is 9.90 Å². The van der Waals surface area contributed by atoms with E-state index in [1.165, 1.54) is 70.6 Å². The highest BCUT2D eigenvalue weighted by Gasteiger charge is 2.22. The number of hydrogen-bond donors (Lipinski definition) is 0. The number of hydrogen-bond acceptors (Lipinski definition) is 2. The van der Waals surface area contributed by atoms with Crippen molar-refractivity contribution in [2.75, 3.05) is 12.5 Å². The van der Waals surface area contributed by atoms with Crippen LogP contribution in [0.1, 0.15) is 95.3 Å². The summed E-state index contributed by atoms with van der Waals surface area (Å²) in [5.41, 5.74) is 1.55. The van der Waals surface area contributed by atoms with Gasteiger partial charge in [-0.3, -0.25) is 0 Å². The van der Waals surface area contributed by atoms with Gasteiger partial charge in [0, 0.05) is 11.5 Å². The van der Waals surface area contributed by atoms with Gasteiger partial charge in [0.15, 0.2) is 0 Å². The minimum Gasteiger partial charge on any atom is -0.550 e. The second-order valence-corrected chi connectivity index (χ2v) is 9.57. The molecule has 0 aromatic heterocycles. The predicted octanol–water partition coefficient (Wildman–Crippen LogP) is 5.67. The summed E-state index contributed by atoms with van der Waals surface area (Å²) in [5.74, 6) is -1.08. The number of carbonyl (C=O) groups excluding carboxylic acids is 1. The summed E-state index contributed by atoms with van der Waals surface area (Å²) in [4.78, 5) is 8.89. The van der Waals surface area contributed by atoms with E-state index in [9.17, 15) is 0 Å². The molecule has 2 nitrogen and oxygen atoms in total. The quantitative estimate of drug-likeness (QED) is 0.326.